The van der Waals surface area contributed by atoms with E-state index in [4.69, 9.17) is 9.47 Å². The van der Waals surface area contributed by atoms with Crippen molar-refractivity contribution in [2.45, 2.75) is 25.9 Å². The molecule has 10 heavy (non-hydrogen) atoms. The van der Waals surface area contributed by atoms with Gasteiger partial charge in [0.15, 0.2) is 0 Å². The third-order valence-corrected chi connectivity index (χ3v) is 2.00. The van der Waals surface area contributed by atoms with Crippen molar-refractivity contribution in [3.8, 4) is 0 Å². The van der Waals surface area contributed by atoms with Gasteiger partial charge in [0.1, 0.15) is 0 Å². The molecule has 1 rings (SSSR count). The van der Waals surface area contributed by atoms with Crippen LogP contribution in [0, 0.1) is 5.92 Å². The summed E-state index contributed by atoms with van der Waals surface area (Å²) < 4.78 is 10.5. The molecule has 0 radical (unpaired) electrons. The third-order valence-electron chi connectivity index (χ3n) is 2.00. The second-order valence-corrected chi connectivity index (χ2v) is 3.03. The zero-order valence-electron chi connectivity index (χ0n) is 6.80. The molecule has 2 unspecified atom stereocenters. The fraction of sp³-hybridized carbons (Fsp3) is 1.00. The topological polar surface area (TPSA) is 18.5 Å². The van der Waals surface area contributed by atoms with Crippen LogP contribution in [-0.2, 0) is 9.47 Å². The lowest BCUT2D eigenvalue weighted by atomic mass is 9.97. The lowest BCUT2D eigenvalue weighted by Crippen LogP contribution is -2.25. The fourth-order valence-electron chi connectivity index (χ4n) is 1.48. The van der Waals surface area contributed by atoms with Crippen LogP contribution in [0.5, 0.6) is 0 Å². The van der Waals surface area contributed by atoms with Gasteiger partial charge in [0.2, 0.25) is 0 Å². The van der Waals surface area contributed by atoms with Crippen molar-refractivity contribution in [3.05, 3.63) is 0 Å². The molecule has 2 atom stereocenters. The van der Waals surface area contributed by atoms with E-state index < -0.39 is 0 Å². The molecule has 0 aromatic rings. The lowest BCUT2D eigenvalue weighted by molar-refractivity contribution is -0.0165. The molecule has 1 aliphatic rings. The van der Waals surface area contributed by atoms with Gasteiger partial charge in [0.25, 0.3) is 0 Å². The largest absolute Gasteiger partial charge is 0.384 e. The highest BCUT2D eigenvalue weighted by atomic mass is 16.5. The molecule has 0 aliphatic carbocycles. The molecule has 0 saturated carbocycles. The van der Waals surface area contributed by atoms with Crippen LogP contribution < -0.4 is 0 Å². The Balaban J connectivity index is 2.18. The Hall–Kier alpha value is -0.0800. The van der Waals surface area contributed by atoms with Gasteiger partial charge in [-0.15, -0.1) is 0 Å². The number of hydrogen-bond acceptors (Lipinski definition) is 2. The van der Waals surface area contributed by atoms with Crippen LogP contribution in [0.25, 0.3) is 0 Å². The van der Waals surface area contributed by atoms with Crippen LogP contribution >= 0.6 is 0 Å². The minimum Gasteiger partial charge on any atom is -0.384 e. The summed E-state index contributed by atoms with van der Waals surface area (Å²) in [5.74, 6) is 0.730. The average Bonchev–Trinajstić information content (AvgIpc) is 1.88. The van der Waals surface area contributed by atoms with Crippen molar-refractivity contribution < 1.29 is 9.47 Å². The van der Waals surface area contributed by atoms with Crippen molar-refractivity contribution in [1.82, 2.24) is 0 Å². The predicted molar refractivity (Wildman–Crippen MR) is 40.0 cm³/mol. The third kappa shape index (κ3) is 2.27. The van der Waals surface area contributed by atoms with Crippen molar-refractivity contribution in [1.29, 1.82) is 0 Å². The van der Waals surface area contributed by atoms with E-state index in [1.54, 1.807) is 7.11 Å². The molecule has 0 spiro atoms. The molecule has 0 amide bonds. The Bertz CT molecular complexity index is 91.3. The Morgan fingerprint density at radius 2 is 2.40 bits per heavy atom. The summed E-state index contributed by atoms with van der Waals surface area (Å²) in [4.78, 5) is 0. The normalized spacial score (nSPS) is 34.2. The zero-order chi connectivity index (χ0) is 7.40. The summed E-state index contributed by atoms with van der Waals surface area (Å²) in [7, 11) is 1.76. The van der Waals surface area contributed by atoms with E-state index in [1.807, 2.05) is 0 Å². The van der Waals surface area contributed by atoms with Gasteiger partial charge in [-0.3, -0.25) is 0 Å². The smallest absolute Gasteiger partial charge is 0.0550 e. The quantitative estimate of drug-likeness (QED) is 0.584. The van der Waals surface area contributed by atoms with Gasteiger partial charge >= 0.3 is 0 Å². The number of rotatable bonds is 2. The van der Waals surface area contributed by atoms with Crippen molar-refractivity contribution >= 4 is 0 Å². The molecular weight excluding hydrogens is 128 g/mol. The Morgan fingerprint density at radius 1 is 1.60 bits per heavy atom. The average molecular weight is 144 g/mol. The monoisotopic (exact) mass is 144 g/mol. The summed E-state index contributed by atoms with van der Waals surface area (Å²) in [6, 6.07) is 0. The second kappa shape index (κ2) is 3.94. The van der Waals surface area contributed by atoms with Gasteiger partial charge in [-0.2, -0.15) is 0 Å². The number of methoxy groups -OCH3 is 1. The van der Waals surface area contributed by atoms with Crippen LogP contribution in [0.4, 0.5) is 0 Å². The molecule has 1 fully saturated rings. The summed E-state index contributed by atoms with van der Waals surface area (Å²) in [5.41, 5.74) is 0. The Kier molecular flexibility index (Phi) is 3.16. The fourth-order valence-corrected chi connectivity index (χ4v) is 1.48. The molecule has 2 nitrogen and oxygen atoms in total. The van der Waals surface area contributed by atoms with E-state index in [2.05, 4.69) is 6.92 Å². The molecular formula is C8H16O2. The van der Waals surface area contributed by atoms with Gasteiger partial charge in [-0.1, -0.05) is 0 Å². The second-order valence-electron chi connectivity index (χ2n) is 3.03. The number of ether oxygens (including phenoxy) is 2. The first kappa shape index (κ1) is 8.02. The first-order chi connectivity index (χ1) is 4.83. The van der Waals surface area contributed by atoms with E-state index in [9.17, 15) is 0 Å². The Morgan fingerprint density at radius 3 is 3.00 bits per heavy atom. The van der Waals surface area contributed by atoms with E-state index in [-0.39, 0.29) is 0 Å². The molecule has 1 saturated heterocycles. The van der Waals surface area contributed by atoms with Crippen LogP contribution in [0.15, 0.2) is 0 Å². The molecule has 60 valence electrons. The standard InChI is InChI=1S/C8H16O2/c1-7-5-8(6-9-2)3-4-10-7/h7-8H,3-6H2,1-2H3. The molecule has 0 aromatic carbocycles. The zero-order valence-corrected chi connectivity index (χ0v) is 6.80. The highest BCUT2D eigenvalue weighted by Gasteiger charge is 2.18. The first-order valence-electron chi connectivity index (χ1n) is 3.93. The molecule has 0 bridgehead atoms. The summed E-state index contributed by atoms with van der Waals surface area (Å²) >= 11 is 0. The van der Waals surface area contributed by atoms with Crippen molar-refractivity contribution in [3.63, 3.8) is 0 Å². The van der Waals surface area contributed by atoms with Gasteiger partial charge in [0, 0.05) is 20.3 Å². The van der Waals surface area contributed by atoms with E-state index in [0.717, 1.165) is 32.0 Å². The van der Waals surface area contributed by atoms with Gasteiger partial charge in [-0.05, 0) is 25.7 Å². The van der Waals surface area contributed by atoms with Gasteiger partial charge in [-0.25, -0.2) is 0 Å². The number of hydrogen-bond donors (Lipinski definition) is 0. The SMILES string of the molecule is COCC1CCOC(C)C1. The highest BCUT2D eigenvalue weighted by molar-refractivity contribution is 4.67. The van der Waals surface area contributed by atoms with Crippen LogP contribution in [0.1, 0.15) is 19.8 Å². The summed E-state index contributed by atoms with van der Waals surface area (Å²) in [6.45, 7) is 3.94. The van der Waals surface area contributed by atoms with Crippen LogP contribution in [0.3, 0.4) is 0 Å². The molecule has 2 heteroatoms. The van der Waals surface area contributed by atoms with E-state index >= 15 is 0 Å². The molecule has 1 heterocycles. The van der Waals surface area contributed by atoms with Crippen molar-refractivity contribution in [2.24, 2.45) is 5.92 Å². The highest BCUT2D eigenvalue weighted by Crippen LogP contribution is 2.19. The van der Waals surface area contributed by atoms with Crippen LogP contribution in [-0.4, -0.2) is 26.4 Å². The molecule has 0 aromatic heterocycles. The molecule has 0 N–H and O–H groups in total. The minimum atomic E-state index is 0.439. The van der Waals surface area contributed by atoms with Crippen molar-refractivity contribution in [2.75, 3.05) is 20.3 Å². The predicted octanol–water partition coefficient (Wildman–Crippen LogP) is 1.45. The minimum absolute atomic E-state index is 0.439. The summed E-state index contributed by atoms with van der Waals surface area (Å²) in [5, 5.41) is 0. The van der Waals surface area contributed by atoms with Crippen LogP contribution in [0.2, 0.25) is 0 Å². The van der Waals surface area contributed by atoms with Gasteiger partial charge in [0.05, 0.1) is 6.10 Å². The maximum absolute atomic E-state index is 5.40. The summed E-state index contributed by atoms with van der Waals surface area (Å²) in [6.07, 6.45) is 2.76. The molecule has 1 aliphatic heterocycles. The van der Waals surface area contributed by atoms with E-state index in [1.165, 1.54) is 0 Å². The maximum Gasteiger partial charge on any atom is 0.0550 e. The Labute approximate surface area is 62.5 Å². The van der Waals surface area contributed by atoms with Gasteiger partial charge < -0.3 is 9.47 Å². The van der Waals surface area contributed by atoms with E-state index in [0.29, 0.717) is 6.10 Å². The lowest BCUT2D eigenvalue weighted by Gasteiger charge is -2.26. The maximum atomic E-state index is 5.40. The first-order valence-corrected chi connectivity index (χ1v) is 3.93.